The molecule has 3 nitrogen and oxygen atoms in total. The molecule has 1 aromatic carbocycles. The maximum absolute atomic E-state index is 13.1. The van der Waals surface area contributed by atoms with E-state index in [0.29, 0.717) is 23.2 Å². The minimum absolute atomic E-state index is 0.00763. The molecule has 1 aliphatic rings. The summed E-state index contributed by atoms with van der Waals surface area (Å²) in [6.45, 7) is 0. The topological polar surface area (TPSA) is 56.2 Å². The Morgan fingerprint density at radius 2 is 2.16 bits per heavy atom. The van der Waals surface area contributed by atoms with E-state index in [4.69, 9.17) is 10.2 Å². The van der Waals surface area contributed by atoms with Crippen LogP contribution in [0.4, 0.5) is 4.39 Å². The zero-order valence-electron chi connectivity index (χ0n) is 10.6. The van der Waals surface area contributed by atoms with E-state index >= 15 is 0 Å². The number of Topliss-reactive ketones (excluding diaryl/α,β-unsaturated/α-hetero) is 1. The molecule has 0 amide bonds. The summed E-state index contributed by atoms with van der Waals surface area (Å²) in [5.74, 6) is -0.0763. The third-order valence-corrected chi connectivity index (χ3v) is 3.81. The van der Waals surface area contributed by atoms with Crippen LogP contribution < -0.4 is 5.73 Å². The van der Waals surface area contributed by atoms with Crippen LogP contribution in [0.2, 0.25) is 0 Å². The van der Waals surface area contributed by atoms with Crippen LogP contribution in [-0.4, -0.2) is 11.8 Å². The van der Waals surface area contributed by atoms with Crippen LogP contribution in [0.25, 0.3) is 11.0 Å². The molecule has 3 rings (SSSR count). The number of hydrogen-bond donors (Lipinski definition) is 1. The van der Waals surface area contributed by atoms with Crippen molar-refractivity contribution in [2.75, 3.05) is 0 Å². The van der Waals surface area contributed by atoms with Gasteiger partial charge in [-0.2, -0.15) is 0 Å². The molecule has 1 saturated carbocycles. The van der Waals surface area contributed by atoms with Gasteiger partial charge in [-0.25, -0.2) is 4.39 Å². The molecule has 4 heteroatoms. The normalized spacial score (nSPS) is 23.7. The fourth-order valence-corrected chi connectivity index (χ4v) is 2.80. The molecular weight excluding hydrogens is 245 g/mol. The first-order valence-corrected chi connectivity index (χ1v) is 6.62. The molecule has 0 saturated heterocycles. The minimum atomic E-state index is -0.327. The summed E-state index contributed by atoms with van der Waals surface area (Å²) < 4.78 is 18.6. The van der Waals surface area contributed by atoms with Crippen LogP contribution in [0, 0.1) is 11.7 Å². The molecule has 0 aliphatic heterocycles. The molecule has 2 N–H and O–H groups in total. The van der Waals surface area contributed by atoms with Gasteiger partial charge >= 0.3 is 0 Å². The van der Waals surface area contributed by atoms with E-state index in [9.17, 15) is 9.18 Å². The second kappa shape index (κ2) is 4.78. The van der Waals surface area contributed by atoms with Crippen LogP contribution in [0.5, 0.6) is 0 Å². The smallest absolute Gasteiger partial charge is 0.201 e. The summed E-state index contributed by atoms with van der Waals surface area (Å²) in [4.78, 5) is 12.4. The Labute approximate surface area is 110 Å². The number of hydrogen-bond acceptors (Lipinski definition) is 3. The van der Waals surface area contributed by atoms with E-state index in [1.165, 1.54) is 12.1 Å². The Balaban J connectivity index is 1.88. The molecule has 19 heavy (non-hydrogen) atoms. The van der Waals surface area contributed by atoms with E-state index in [1.54, 1.807) is 12.1 Å². The lowest BCUT2D eigenvalue weighted by Gasteiger charge is -2.24. The molecule has 1 fully saturated rings. The summed E-state index contributed by atoms with van der Waals surface area (Å²) in [6, 6.07) is 5.98. The van der Waals surface area contributed by atoms with Crippen LogP contribution in [0.3, 0.4) is 0 Å². The second-order valence-electron chi connectivity index (χ2n) is 5.28. The first-order valence-electron chi connectivity index (χ1n) is 6.62. The van der Waals surface area contributed by atoms with Crippen LogP contribution in [0.15, 0.2) is 28.7 Å². The van der Waals surface area contributed by atoms with Gasteiger partial charge in [0.15, 0.2) is 5.76 Å². The first-order chi connectivity index (χ1) is 9.13. The lowest BCUT2D eigenvalue weighted by molar-refractivity contribution is 0.0855. The molecule has 1 aromatic heterocycles. The highest BCUT2D eigenvalue weighted by Gasteiger charge is 2.28. The molecule has 0 radical (unpaired) electrons. The third-order valence-electron chi connectivity index (χ3n) is 3.81. The molecule has 2 aromatic rings. The number of fused-ring (bicyclic) bond motifs is 1. The van der Waals surface area contributed by atoms with Crippen molar-refractivity contribution in [3.63, 3.8) is 0 Å². The molecule has 0 bridgehead atoms. The zero-order chi connectivity index (χ0) is 13.4. The quantitative estimate of drug-likeness (QED) is 0.844. The third kappa shape index (κ3) is 2.40. The molecule has 1 aliphatic carbocycles. The molecule has 2 atom stereocenters. The number of carbonyl (C=O) groups excluding carboxylic acids is 1. The van der Waals surface area contributed by atoms with Crippen LogP contribution >= 0.6 is 0 Å². The number of nitrogens with two attached hydrogens (primary N) is 1. The van der Waals surface area contributed by atoms with Gasteiger partial charge in [-0.15, -0.1) is 0 Å². The van der Waals surface area contributed by atoms with Crippen molar-refractivity contribution < 1.29 is 13.6 Å². The fourth-order valence-electron chi connectivity index (χ4n) is 2.80. The van der Waals surface area contributed by atoms with Gasteiger partial charge in [0.2, 0.25) is 5.78 Å². The highest BCUT2D eigenvalue weighted by atomic mass is 19.1. The Morgan fingerprint density at radius 1 is 1.32 bits per heavy atom. The minimum Gasteiger partial charge on any atom is -0.453 e. The number of halogens is 1. The van der Waals surface area contributed by atoms with Crippen molar-refractivity contribution in [1.82, 2.24) is 0 Å². The largest absolute Gasteiger partial charge is 0.453 e. The average Bonchev–Trinajstić information content (AvgIpc) is 2.80. The SMILES string of the molecule is NC1CCCC(C(=O)c2cc3cc(F)ccc3o2)C1. The summed E-state index contributed by atoms with van der Waals surface area (Å²) in [6.07, 6.45) is 3.53. The summed E-state index contributed by atoms with van der Waals surface area (Å²) in [7, 11) is 0. The van der Waals surface area contributed by atoms with Crippen molar-refractivity contribution >= 4 is 16.8 Å². The summed E-state index contributed by atoms with van der Waals surface area (Å²) in [5, 5.41) is 0.628. The van der Waals surface area contributed by atoms with Gasteiger partial charge in [0, 0.05) is 17.3 Å². The number of rotatable bonds is 2. The van der Waals surface area contributed by atoms with Crippen molar-refractivity contribution in [2.45, 2.75) is 31.7 Å². The Morgan fingerprint density at radius 3 is 2.95 bits per heavy atom. The van der Waals surface area contributed by atoms with Crippen molar-refractivity contribution in [3.05, 3.63) is 35.8 Å². The molecule has 0 spiro atoms. The Kier molecular flexibility index (Phi) is 3.11. The first kappa shape index (κ1) is 12.4. The Hall–Kier alpha value is -1.68. The maximum Gasteiger partial charge on any atom is 0.201 e. The van der Waals surface area contributed by atoms with Crippen molar-refractivity contribution in [1.29, 1.82) is 0 Å². The number of furan rings is 1. The fraction of sp³-hybridized carbons (Fsp3) is 0.400. The van der Waals surface area contributed by atoms with E-state index in [2.05, 4.69) is 0 Å². The second-order valence-corrected chi connectivity index (χ2v) is 5.28. The zero-order valence-corrected chi connectivity index (χ0v) is 10.6. The van der Waals surface area contributed by atoms with Crippen molar-refractivity contribution in [3.8, 4) is 0 Å². The number of benzene rings is 1. The van der Waals surface area contributed by atoms with Gasteiger partial charge in [-0.1, -0.05) is 6.42 Å². The number of ketones is 1. The van der Waals surface area contributed by atoms with E-state index in [1.807, 2.05) is 0 Å². The lowest BCUT2D eigenvalue weighted by Crippen LogP contribution is -2.31. The van der Waals surface area contributed by atoms with Crippen LogP contribution in [0.1, 0.15) is 36.2 Å². The highest BCUT2D eigenvalue weighted by Crippen LogP contribution is 2.29. The summed E-state index contributed by atoms with van der Waals surface area (Å²) in [5.41, 5.74) is 6.45. The van der Waals surface area contributed by atoms with E-state index in [0.717, 1.165) is 19.3 Å². The van der Waals surface area contributed by atoms with Gasteiger partial charge in [0.05, 0.1) is 0 Å². The predicted octanol–water partition coefficient (Wildman–Crippen LogP) is 3.27. The van der Waals surface area contributed by atoms with E-state index in [-0.39, 0.29) is 23.6 Å². The molecule has 1 heterocycles. The van der Waals surface area contributed by atoms with Crippen LogP contribution in [-0.2, 0) is 0 Å². The monoisotopic (exact) mass is 261 g/mol. The highest BCUT2D eigenvalue weighted by molar-refractivity contribution is 5.99. The lowest BCUT2D eigenvalue weighted by atomic mass is 9.83. The average molecular weight is 261 g/mol. The standard InChI is InChI=1S/C15H16FNO2/c16-11-4-5-13-10(6-11)8-14(19-13)15(18)9-2-1-3-12(17)7-9/h4-6,8-9,12H,1-3,7,17H2. The predicted molar refractivity (Wildman–Crippen MR) is 70.4 cm³/mol. The van der Waals surface area contributed by atoms with Gasteiger partial charge in [-0.05, 0) is 43.5 Å². The Bertz CT molecular complexity index is 620. The van der Waals surface area contributed by atoms with Crippen molar-refractivity contribution in [2.24, 2.45) is 11.7 Å². The van der Waals surface area contributed by atoms with Gasteiger partial charge in [0.25, 0.3) is 0 Å². The van der Waals surface area contributed by atoms with E-state index < -0.39 is 0 Å². The van der Waals surface area contributed by atoms with Gasteiger partial charge in [-0.3, -0.25) is 4.79 Å². The van der Waals surface area contributed by atoms with Gasteiger partial charge in [0.1, 0.15) is 11.4 Å². The molecule has 2 unspecified atom stereocenters. The molecular formula is C15H16FNO2. The summed E-state index contributed by atoms with van der Waals surface area (Å²) >= 11 is 0. The maximum atomic E-state index is 13.1. The van der Waals surface area contributed by atoms with Gasteiger partial charge < -0.3 is 10.2 Å². The molecule has 100 valence electrons. The number of carbonyl (C=O) groups is 1.